The Labute approximate surface area is 161 Å². The van der Waals surface area contributed by atoms with Crippen molar-refractivity contribution in [3.05, 3.63) is 97.1 Å². The lowest BCUT2D eigenvalue weighted by Gasteiger charge is -2.18. The molecule has 1 atom stereocenters. The van der Waals surface area contributed by atoms with Crippen LogP contribution < -0.4 is 4.90 Å². The van der Waals surface area contributed by atoms with E-state index in [4.69, 9.17) is 4.42 Å². The lowest BCUT2D eigenvalue weighted by Crippen LogP contribution is -2.09. The quantitative estimate of drug-likeness (QED) is 0.438. The molecule has 0 amide bonds. The molecule has 3 nitrogen and oxygen atoms in total. The lowest BCUT2D eigenvalue weighted by molar-refractivity contribution is 0.471. The molecule has 0 fully saturated rings. The van der Waals surface area contributed by atoms with Crippen LogP contribution in [0.1, 0.15) is 0 Å². The van der Waals surface area contributed by atoms with Gasteiger partial charge in [0.25, 0.3) is 0 Å². The molecule has 4 rings (SSSR count). The highest BCUT2D eigenvalue weighted by Gasteiger charge is 2.21. The first-order valence-corrected chi connectivity index (χ1v) is 9.84. The highest BCUT2D eigenvalue weighted by Crippen LogP contribution is 2.38. The van der Waals surface area contributed by atoms with E-state index in [9.17, 15) is 4.21 Å². The minimum Gasteiger partial charge on any atom is -0.430 e. The Kier molecular flexibility index (Phi) is 4.90. The van der Waals surface area contributed by atoms with Gasteiger partial charge in [-0.2, -0.15) is 0 Å². The zero-order valence-corrected chi connectivity index (χ0v) is 15.7. The molecule has 1 unspecified atom stereocenters. The van der Waals surface area contributed by atoms with Gasteiger partial charge in [0.15, 0.2) is 5.09 Å². The van der Waals surface area contributed by atoms with Gasteiger partial charge in [0.05, 0.1) is 0 Å². The van der Waals surface area contributed by atoms with Crippen molar-refractivity contribution in [2.75, 3.05) is 11.9 Å². The molecule has 134 valence electrons. The fourth-order valence-electron chi connectivity index (χ4n) is 2.95. The summed E-state index contributed by atoms with van der Waals surface area (Å²) in [6.07, 6.45) is 0. The molecule has 0 saturated carbocycles. The Morgan fingerprint density at radius 2 is 1.33 bits per heavy atom. The number of benzene rings is 3. The molecule has 1 aromatic heterocycles. The minimum atomic E-state index is -1.38. The first kappa shape index (κ1) is 17.3. The maximum Gasteiger partial charge on any atom is 0.209 e. The van der Waals surface area contributed by atoms with Gasteiger partial charge in [0, 0.05) is 29.3 Å². The third-order valence-corrected chi connectivity index (χ3v) is 5.63. The molecule has 0 radical (unpaired) electrons. The second-order valence-corrected chi connectivity index (χ2v) is 7.54. The summed E-state index contributed by atoms with van der Waals surface area (Å²) in [5.41, 5.74) is 2.94. The Morgan fingerprint density at radius 1 is 0.778 bits per heavy atom. The molecule has 0 aliphatic rings. The van der Waals surface area contributed by atoms with Crippen LogP contribution in [0.15, 0.2) is 111 Å². The Hall–Kier alpha value is -3.11. The van der Waals surface area contributed by atoms with E-state index in [1.807, 2.05) is 109 Å². The second-order valence-electron chi connectivity index (χ2n) is 6.13. The van der Waals surface area contributed by atoms with Gasteiger partial charge in [-0.15, -0.1) is 0 Å². The van der Waals surface area contributed by atoms with E-state index in [1.165, 1.54) is 0 Å². The Bertz CT molecular complexity index is 1040. The average molecular weight is 373 g/mol. The topological polar surface area (TPSA) is 33.5 Å². The number of anilines is 2. The molecule has 27 heavy (non-hydrogen) atoms. The summed E-state index contributed by atoms with van der Waals surface area (Å²) in [5.74, 6) is 0.673. The number of hydrogen-bond acceptors (Lipinski definition) is 3. The SMILES string of the molecule is CN(c1ccccc1)c1oc(S(=O)c2ccccc2)cc1-c1ccccc1. The fraction of sp³-hybridized carbons (Fsp3) is 0.0435. The number of furan rings is 1. The Morgan fingerprint density at radius 3 is 1.96 bits per heavy atom. The molecule has 4 heteroatoms. The molecule has 0 aliphatic heterocycles. The first-order valence-electron chi connectivity index (χ1n) is 8.69. The molecule has 4 aromatic rings. The number of nitrogens with zero attached hydrogens (tertiary/aromatic N) is 1. The summed E-state index contributed by atoms with van der Waals surface area (Å²) in [6, 6.07) is 31.3. The summed E-state index contributed by atoms with van der Waals surface area (Å²) >= 11 is 0. The molecule has 0 bridgehead atoms. The molecule has 0 aliphatic carbocycles. The monoisotopic (exact) mass is 373 g/mol. The van der Waals surface area contributed by atoms with Gasteiger partial charge in [-0.1, -0.05) is 66.7 Å². The van der Waals surface area contributed by atoms with Crippen LogP contribution in [0.25, 0.3) is 11.1 Å². The predicted octanol–water partition coefficient (Wildman–Crippen LogP) is 5.88. The number of rotatable bonds is 5. The van der Waals surface area contributed by atoms with Crippen LogP contribution in [0.4, 0.5) is 11.6 Å². The van der Waals surface area contributed by atoms with Gasteiger partial charge in [-0.25, -0.2) is 4.21 Å². The molecule has 3 aromatic carbocycles. The zero-order chi connectivity index (χ0) is 18.6. The van der Waals surface area contributed by atoms with E-state index in [2.05, 4.69) is 0 Å². The Balaban J connectivity index is 1.82. The molecule has 0 spiro atoms. The van der Waals surface area contributed by atoms with Gasteiger partial charge in [0.2, 0.25) is 5.88 Å². The third kappa shape index (κ3) is 3.57. The second kappa shape index (κ2) is 7.64. The zero-order valence-electron chi connectivity index (χ0n) is 14.9. The van der Waals surface area contributed by atoms with Crippen molar-refractivity contribution >= 4 is 22.4 Å². The molecule has 0 N–H and O–H groups in total. The summed E-state index contributed by atoms with van der Waals surface area (Å²) in [4.78, 5) is 2.70. The maximum atomic E-state index is 13.0. The van der Waals surface area contributed by atoms with Gasteiger partial charge in [-0.05, 0) is 29.8 Å². The van der Waals surface area contributed by atoms with E-state index in [0.717, 1.165) is 21.7 Å². The van der Waals surface area contributed by atoms with Crippen LogP contribution in [0.3, 0.4) is 0 Å². The van der Waals surface area contributed by atoms with Crippen LogP contribution in [0, 0.1) is 0 Å². The van der Waals surface area contributed by atoms with Crippen LogP contribution in [-0.2, 0) is 10.8 Å². The fourth-order valence-corrected chi connectivity index (χ4v) is 3.97. The molecule has 0 saturated heterocycles. The highest BCUT2D eigenvalue weighted by atomic mass is 32.2. The summed E-state index contributed by atoms with van der Waals surface area (Å²) in [7, 11) is 0.578. The molecular weight excluding hydrogens is 354 g/mol. The highest BCUT2D eigenvalue weighted by molar-refractivity contribution is 7.85. The smallest absolute Gasteiger partial charge is 0.209 e. The standard InChI is InChI=1S/C23H19NO2S/c1-24(19-13-7-3-8-14-19)23-21(18-11-5-2-6-12-18)17-22(26-23)27(25)20-15-9-4-10-16-20/h2-17H,1H3. The minimum absolute atomic E-state index is 0.442. The van der Waals surface area contributed by atoms with Gasteiger partial charge in [0.1, 0.15) is 10.8 Å². The van der Waals surface area contributed by atoms with Crippen molar-refractivity contribution in [3.8, 4) is 11.1 Å². The number of hydrogen-bond donors (Lipinski definition) is 0. The van der Waals surface area contributed by atoms with Crippen LogP contribution in [0.5, 0.6) is 0 Å². The van der Waals surface area contributed by atoms with Crippen molar-refractivity contribution in [1.82, 2.24) is 0 Å². The molecular formula is C23H19NO2S. The first-order chi connectivity index (χ1) is 13.2. The van der Waals surface area contributed by atoms with E-state index in [1.54, 1.807) is 0 Å². The van der Waals surface area contributed by atoms with E-state index < -0.39 is 10.8 Å². The van der Waals surface area contributed by atoms with Crippen LogP contribution in [-0.4, -0.2) is 11.3 Å². The van der Waals surface area contributed by atoms with E-state index >= 15 is 0 Å². The van der Waals surface area contributed by atoms with Crippen LogP contribution in [0.2, 0.25) is 0 Å². The number of para-hydroxylation sites is 1. The predicted molar refractivity (Wildman–Crippen MR) is 110 cm³/mol. The van der Waals surface area contributed by atoms with Crippen molar-refractivity contribution in [3.63, 3.8) is 0 Å². The average Bonchev–Trinajstić information content (AvgIpc) is 3.20. The van der Waals surface area contributed by atoms with Crippen molar-refractivity contribution in [1.29, 1.82) is 0 Å². The summed E-state index contributed by atoms with van der Waals surface area (Å²) in [6.45, 7) is 0. The van der Waals surface area contributed by atoms with E-state index in [0.29, 0.717) is 11.0 Å². The summed E-state index contributed by atoms with van der Waals surface area (Å²) < 4.78 is 19.1. The largest absolute Gasteiger partial charge is 0.430 e. The summed E-state index contributed by atoms with van der Waals surface area (Å²) in [5, 5.41) is 0.442. The molecule has 1 heterocycles. The normalized spacial score (nSPS) is 11.9. The maximum absolute atomic E-state index is 13.0. The third-order valence-electron chi connectivity index (χ3n) is 4.36. The lowest BCUT2D eigenvalue weighted by atomic mass is 10.1. The van der Waals surface area contributed by atoms with Crippen molar-refractivity contribution in [2.24, 2.45) is 0 Å². The van der Waals surface area contributed by atoms with Gasteiger partial charge in [-0.3, -0.25) is 0 Å². The van der Waals surface area contributed by atoms with Gasteiger partial charge < -0.3 is 9.32 Å². The van der Waals surface area contributed by atoms with E-state index in [-0.39, 0.29) is 0 Å². The van der Waals surface area contributed by atoms with Crippen molar-refractivity contribution in [2.45, 2.75) is 9.99 Å². The van der Waals surface area contributed by atoms with Crippen molar-refractivity contribution < 1.29 is 8.63 Å². The van der Waals surface area contributed by atoms with Crippen LogP contribution >= 0.6 is 0 Å². The van der Waals surface area contributed by atoms with Gasteiger partial charge >= 0.3 is 0 Å².